The molecule has 2 rings (SSSR count). The number of hydrogen-bond acceptors (Lipinski definition) is 4. The summed E-state index contributed by atoms with van der Waals surface area (Å²) in [5.74, 6) is 0.704. The van der Waals surface area contributed by atoms with Gasteiger partial charge in [0.1, 0.15) is 11.6 Å². The van der Waals surface area contributed by atoms with Crippen LogP contribution in [0.1, 0.15) is 25.3 Å². The van der Waals surface area contributed by atoms with Crippen molar-refractivity contribution < 1.29 is 4.92 Å². The van der Waals surface area contributed by atoms with E-state index in [9.17, 15) is 10.1 Å². The van der Waals surface area contributed by atoms with Crippen LogP contribution in [0.5, 0.6) is 0 Å². The SMILES string of the molecule is CC(C1CC1)N(C)c1ccc([N+](=O)[O-])c(C#N)c1. The van der Waals surface area contributed by atoms with Crippen molar-refractivity contribution in [2.75, 3.05) is 11.9 Å². The molecule has 0 radical (unpaired) electrons. The predicted molar refractivity (Wildman–Crippen MR) is 68.4 cm³/mol. The van der Waals surface area contributed by atoms with Crippen LogP contribution in [-0.4, -0.2) is 18.0 Å². The summed E-state index contributed by atoms with van der Waals surface area (Å²) in [6.45, 7) is 2.14. The van der Waals surface area contributed by atoms with Crippen molar-refractivity contribution in [2.45, 2.75) is 25.8 Å². The van der Waals surface area contributed by atoms with Crippen LogP contribution >= 0.6 is 0 Å². The Labute approximate surface area is 106 Å². The van der Waals surface area contributed by atoms with Crippen LogP contribution in [0.15, 0.2) is 18.2 Å². The largest absolute Gasteiger partial charge is 0.372 e. The smallest absolute Gasteiger partial charge is 0.287 e. The lowest BCUT2D eigenvalue weighted by Crippen LogP contribution is -2.30. The van der Waals surface area contributed by atoms with E-state index in [0.717, 1.165) is 5.69 Å². The van der Waals surface area contributed by atoms with Crippen molar-refractivity contribution in [2.24, 2.45) is 5.92 Å². The molecule has 0 aromatic heterocycles. The van der Waals surface area contributed by atoms with Crippen molar-refractivity contribution in [3.8, 4) is 6.07 Å². The Hall–Kier alpha value is -2.09. The summed E-state index contributed by atoms with van der Waals surface area (Å²) in [6, 6.07) is 7.00. The maximum Gasteiger partial charge on any atom is 0.287 e. The zero-order chi connectivity index (χ0) is 13.3. The second-order valence-electron chi connectivity index (χ2n) is 4.76. The molecule has 0 N–H and O–H groups in total. The molecule has 0 heterocycles. The number of nitriles is 1. The van der Waals surface area contributed by atoms with Crippen LogP contribution in [-0.2, 0) is 0 Å². The molecule has 0 amide bonds. The van der Waals surface area contributed by atoms with Gasteiger partial charge in [-0.25, -0.2) is 0 Å². The molecule has 1 aliphatic rings. The highest BCUT2D eigenvalue weighted by molar-refractivity contribution is 5.60. The van der Waals surface area contributed by atoms with E-state index >= 15 is 0 Å². The molecule has 5 heteroatoms. The summed E-state index contributed by atoms with van der Waals surface area (Å²) in [7, 11) is 1.96. The van der Waals surface area contributed by atoms with Crippen LogP contribution in [0.25, 0.3) is 0 Å². The number of nitro benzene ring substituents is 1. The lowest BCUT2D eigenvalue weighted by Gasteiger charge is -2.27. The molecule has 0 spiro atoms. The third-order valence-corrected chi connectivity index (χ3v) is 3.62. The zero-order valence-corrected chi connectivity index (χ0v) is 10.5. The predicted octanol–water partition coefficient (Wildman–Crippen LogP) is 2.70. The molecule has 1 aromatic rings. The van der Waals surface area contributed by atoms with Gasteiger partial charge in [0, 0.05) is 24.8 Å². The first-order valence-corrected chi connectivity index (χ1v) is 5.96. The second kappa shape index (κ2) is 4.65. The lowest BCUT2D eigenvalue weighted by atomic mass is 10.1. The normalized spacial score (nSPS) is 15.8. The molecule has 1 fully saturated rings. The summed E-state index contributed by atoms with van der Waals surface area (Å²) < 4.78 is 0. The highest BCUT2D eigenvalue weighted by Crippen LogP contribution is 2.36. The molecule has 1 aromatic carbocycles. The minimum Gasteiger partial charge on any atom is -0.372 e. The van der Waals surface area contributed by atoms with Crippen LogP contribution in [0, 0.1) is 27.4 Å². The summed E-state index contributed by atoms with van der Waals surface area (Å²) in [6.07, 6.45) is 2.48. The Morgan fingerprint density at radius 1 is 1.56 bits per heavy atom. The fraction of sp³-hybridized carbons (Fsp3) is 0.462. The molecule has 5 nitrogen and oxygen atoms in total. The minimum absolute atomic E-state index is 0.118. The van der Waals surface area contributed by atoms with Crippen molar-refractivity contribution in [3.63, 3.8) is 0 Å². The van der Waals surface area contributed by atoms with Gasteiger partial charge in [0.15, 0.2) is 0 Å². The van der Waals surface area contributed by atoms with Gasteiger partial charge >= 0.3 is 0 Å². The standard InChI is InChI=1S/C13H15N3O2/c1-9(10-3-4-10)15(2)12-5-6-13(16(17)18)11(7-12)8-14/h5-7,9-10H,3-4H2,1-2H3. The zero-order valence-electron chi connectivity index (χ0n) is 10.5. The minimum atomic E-state index is -0.521. The molecule has 94 valence electrons. The fourth-order valence-electron chi connectivity index (χ4n) is 2.12. The van der Waals surface area contributed by atoms with Gasteiger partial charge in [-0.15, -0.1) is 0 Å². The summed E-state index contributed by atoms with van der Waals surface area (Å²) in [4.78, 5) is 12.3. The summed E-state index contributed by atoms with van der Waals surface area (Å²) >= 11 is 0. The van der Waals surface area contributed by atoms with Crippen molar-refractivity contribution in [3.05, 3.63) is 33.9 Å². The highest BCUT2D eigenvalue weighted by atomic mass is 16.6. The van der Waals surface area contributed by atoms with Gasteiger partial charge in [-0.2, -0.15) is 5.26 Å². The van der Waals surface area contributed by atoms with Gasteiger partial charge in [0.05, 0.1) is 4.92 Å². The van der Waals surface area contributed by atoms with E-state index in [1.54, 1.807) is 12.1 Å². The van der Waals surface area contributed by atoms with Crippen molar-refractivity contribution in [1.29, 1.82) is 5.26 Å². The molecule has 18 heavy (non-hydrogen) atoms. The first-order valence-electron chi connectivity index (χ1n) is 5.96. The molecule has 1 saturated carbocycles. The van der Waals surface area contributed by atoms with Crippen molar-refractivity contribution in [1.82, 2.24) is 0 Å². The lowest BCUT2D eigenvalue weighted by molar-refractivity contribution is -0.385. The second-order valence-corrected chi connectivity index (χ2v) is 4.76. The van der Waals surface area contributed by atoms with Crippen LogP contribution < -0.4 is 4.90 Å². The topological polar surface area (TPSA) is 70.2 Å². The quantitative estimate of drug-likeness (QED) is 0.604. The molecule has 0 aliphatic heterocycles. The Morgan fingerprint density at radius 3 is 2.72 bits per heavy atom. The van der Waals surface area contributed by atoms with Gasteiger partial charge in [0.2, 0.25) is 0 Å². The van der Waals surface area contributed by atoms with E-state index in [2.05, 4.69) is 11.8 Å². The molecular formula is C13H15N3O2. The molecule has 1 atom stereocenters. The Balaban J connectivity index is 2.29. The highest BCUT2D eigenvalue weighted by Gasteiger charge is 2.31. The summed E-state index contributed by atoms with van der Waals surface area (Å²) in [5, 5.41) is 19.7. The monoisotopic (exact) mass is 245 g/mol. The van der Waals surface area contributed by atoms with Gasteiger partial charge in [-0.05, 0) is 37.8 Å². The number of hydrogen-bond donors (Lipinski definition) is 0. The molecule has 1 unspecified atom stereocenters. The van der Waals surface area contributed by atoms with Crippen LogP contribution in [0.3, 0.4) is 0 Å². The van der Waals surface area contributed by atoms with Gasteiger partial charge in [-0.1, -0.05) is 0 Å². The number of anilines is 1. The Morgan fingerprint density at radius 2 is 2.22 bits per heavy atom. The van der Waals surface area contributed by atoms with E-state index in [0.29, 0.717) is 12.0 Å². The molecular weight excluding hydrogens is 230 g/mol. The van der Waals surface area contributed by atoms with E-state index in [1.165, 1.54) is 18.9 Å². The molecule has 0 bridgehead atoms. The van der Waals surface area contributed by atoms with Gasteiger partial charge < -0.3 is 4.90 Å². The Bertz CT molecular complexity index is 517. The maximum atomic E-state index is 10.8. The van der Waals surface area contributed by atoms with E-state index in [1.807, 2.05) is 13.1 Å². The molecule has 0 saturated heterocycles. The van der Waals surface area contributed by atoms with Crippen LogP contribution in [0.4, 0.5) is 11.4 Å². The third kappa shape index (κ3) is 2.28. The fourth-order valence-corrected chi connectivity index (χ4v) is 2.12. The van der Waals surface area contributed by atoms with Crippen molar-refractivity contribution >= 4 is 11.4 Å². The third-order valence-electron chi connectivity index (χ3n) is 3.62. The summed E-state index contributed by atoms with van der Waals surface area (Å²) in [5.41, 5.74) is 0.845. The van der Waals surface area contributed by atoms with E-state index in [-0.39, 0.29) is 11.3 Å². The molecule has 1 aliphatic carbocycles. The van der Waals surface area contributed by atoms with E-state index < -0.39 is 4.92 Å². The number of nitro groups is 1. The van der Waals surface area contributed by atoms with Gasteiger partial charge in [0.25, 0.3) is 5.69 Å². The average Bonchev–Trinajstić information content (AvgIpc) is 3.20. The number of nitrogens with zero attached hydrogens (tertiary/aromatic N) is 3. The average molecular weight is 245 g/mol. The number of rotatable bonds is 4. The Kier molecular flexibility index (Phi) is 3.19. The first-order chi connectivity index (χ1) is 8.54. The maximum absolute atomic E-state index is 10.8. The van der Waals surface area contributed by atoms with E-state index in [4.69, 9.17) is 5.26 Å². The van der Waals surface area contributed by atoms with Gasteiger partial charge in [-0.3, -0.25) is 10.1 Å². The first kappa shape index (κ1) is 12.4. The van der Waals surface area contributed by atoms with Crippen LogP contribution in [0.2, 0.25) is 0 Å². The number of benzene rings is 1.